The molecule has 0 aromatic heterocycles. The van der Waals surface area contributed by atoms with Crippen molar-refractivity contribution in [2.75, 3.05) is 14.2 Å². The van der Waals surface area contributed by atoms with Crippen molar-refractivity contribution in [2.24, 2.45) is 4.99 Å². The Morgan fingerprint density at radius 3 is 2.36 bits per heavy atom. The molecule has 2 rings (SSSR count). The highest BCUT2D eigenvalue weighted by Gasteiger charge is 2.14. The highest BCUT2D eigenvalue weighted by atomic mass is 35.5. The third-order valence-corrected chi connectivity index (χ3v) is 4.22. The molecule has 0 amide bonds. The van der Waals surface area contributed by atoms with Crippen LogP contribution in [-0.4, -0.2) is 26.5 Å². The lowest BCUT2D eigenvalue weighted by molar-refractivity contribution is 0.208. The monoisotopic (exact) mass is 381 g/mol. The van der Waals surface area contributed by atoms with E-state index in [-0.39, 0.29) is 6.10 Å². The first-order valence-electron chi connectivity index (χ1n) is 7.90. The maximum absolute atomic E-state index is 6.36. The number of benzene rings is 2. The third-order valence-electron chi connectivity index (χ3n) is 3.64. The van der Waals surface area contributed by atoms with Crippen LogP contribution >= 0.6 is 23.2 Å². The van der Waals surface area contributed by atoms with Gasteiger partial charge in [-0.3, -0.25) is 4.99 Å². The molecule has 25 heavy (non-hydrogen) atoms. The van der Waals surface area contributed by atoms with E-state index < -0.39 is 0 Å². The molecule has 2 aromatic rings. The predicted molar refractivity (Wildman–Crippen MR) is 104 cm³/mol. The van der Waals surface area contributed by atoms with Crippen LogP contribution in [0, 0.1) is 0 Å². The number of ether oxygens (including phenoxy) is 3. The Balaban J connectivity index is 2.28. The Morgan fingerprint density at radius 2 is 1.76 bits per heavy atom. The summed E-state index contributed by atoms with van der Waals surface area (Å²) in [4.78, 5) is 4.42. The highest BCUT2D eigenvalue weighted by molar-refractivity contribution is 6.33. The lowest BCUT2D eigenvalue weighted by Gasteiger charge is -2.17. The molecule has 0 spiro atoms. The molecule has 0 aliphatic carbocycles. The fraction of sp³-hybridized carbons (Fsp3) is 0.316. The largest absolute Gasteiger partial charge is 0.495 e. The number of aliphatic imine (C=N–C) groups is 1. The minimum absolute atomic E-state index is 0.0485. The summed E-state index contributed by atoms with van der Waals surface area (Å²) in [6.45, 7) is 4.03. The SMILES string of the molecule is CC[C@H](C)Oc1c(Cl)cc(C=Nc2ccc(OC)c(Cl)c2)cc1OC. The molecule has 0 bridgehead atoms. The van der Waals surface area contributed by atoms with E-state index in [1.807, 2.05) is 26.0 Å². The lowest BCUT2D eigenvalue weighted by Crippen LogP contribution is -2.11. The van der Waals surface area contributed by atoms with E-state index >= 15 is 0 Å². The Hall–Kier alpha value is -1.91. The molecule has 0 aliphatic heterocycles. The van der Waals surface area contributed by atoms with E-state index in [1.165, 1.54) is 0 Å². The van der Waals surface area contributed by atoms with Gasteiger partial charge in [0.25, 0.3) is 0 Å². The van der Waals surface area contributed by atoms with Crippen molar-refractivity contribution in [3.8, 4) is 17.2 Å². The number of hydrogen-bond donors (Lipinski definition) is 0. The molecule has 0 unspecified atom stereocenters. The summed E-state index contributed by atoms with van der Waals surface area (Å²) < 4.78 is 16.4. The Labute approximate surface area is 158 Å². The van der Waals surface area contributed by atoms with Crippen LogP contribution in [0.2, 0.25) is 10.0 Å². The van der Waals surface area contributed by atoms with E-state index in [1.54, 1.807) is 38.6 Å². The second-order valence-corrected chi connectivity index (χ2v) is 6.26. The summed E-state index contributed by atoms with van der Waals surface area (Å²) in [7, 11) is 3.15. The first-order chi connectivity index (χ1) is 12.0. The zero-order chi connectivity index (χ0) is 18.4. The molecule has 0 heterocycles. The Bertz CT molecular complexity index is 763. The molecule has 1 atom stereocenters. The van der Waals surface area contributed by atoms with Crippen molar-refractivity contribution in [2.45, 2.75) is 26.4 Å². The summed E-state index contributed by atoms with van der Waals surface area (Å²) >= 11 is 12.5. The van der Waals surface area contributed by atoms with Crippen LogP contribution in [0.4, 0.5) is 5.69 Å². The van der Waals surface area contributed by atoms with Gasteiger partial charge < -0.3 is 14.2 Å². The second-order valence-electron chi connectivity index (χ2n) is 5.45. The van der Waals surface area contributed by atoms with Crippen molar-refractivity contribution < 1.29 is 14.2 Å². The molecular formula is C19H21Cl2NO3. The van der Waals surface area contributed by atoms with E-state index in [0.717, 1.165) is 12.0 Å². The molecule has 6 heteroatoms. The Morgan fingerprint density at radius 1 is 1.04 bits per heavy atom. The first kappa shape index (κ1) is 19.4. The van der Waals surface area contributed by atoms with Crippen LogP contribution < -0.4 is 14.2 Å². The van der Waals surface area contributed by atoms with Gasteiger partial charge in [-0.1, -0.05) is 30.1 Å². The van der Waals surface area contributed by atoms with Gasteiger partial charge in [0.05, 0.1) is 36.1 Å². The van der Waals surface area contributed by atoms with Gasteiger partial charge in [-0.25, -0.2) is 0 Å². The molecule has 2 aromatic carbocycles. The zero-order valence-electron chi connectivity index (χ0n) is 14.7. The predicted octanol–water partition coefficient (Wildman–Crippen LogP) is 5.94. The van der Waals surface area contributed by atoms with Crippen molar-refractivity contribution in [1.29, 1.82) is 0 Å². The standard InChI is InChI=1S/C19H21Cl2NO3/c1-5-12(2)25-19-16(21)8-13(9-18(19)24-4)11-22-14-6-7-17(23-3)15(20)10-14/h6-12H,5H2,1-4H3/t12-/m0/s1. The average Bonchev–Trinajstić information content (AvgIpc) is 2.61. The quantitative estimate of drug-likeness (QED) is 0.557. The van der Waals surface area contributed by atoms with Crippen molar-refractivity contribution >= 4 is 35.1 Å². The van der Waals surface area contributed by atoms with E-state index in [9.17, 15) is 0 Å². The smallest absolute Gasteiger partial charge is 0.180 e. The normalized spacial score (nSPS) is 12.2. The summed E-state index contributed by atoms with van der Waals surface area (Å²) in [5.41, 5.74) is 1.51. The van der Waals surface area contributed by atoms with Gasteiger partial charge in [-0.05, 0) is 49.2 Å². The van der Waals surface area contributed by atoms with Gasteiger partial charge in [0.2, 0.25) is 0 Å². The average molecular weight is 382 g/mol. The second kappa shape index (κ2) is 8.97. The number of halogens is 2. The Kier molecular flexibility index (Phi) is 6.97. The number of nitrogens with zero attached hydrogens (tertiary/aromatic N) is 1. The van der Waals surface area contributed by atoms with Crippen LogP contribution in [0.1, 0.15) is 25.8 Å². The van der Waals surface area contributed by atoms with Gasteiger partial charge in [-0.15, -0.1) is 0 Å². The van der Waals surface area contributed by atoms with Gasteiger partial charge in [0.1, 0.15) is 5.75 Å². The molecule has 134 valence electrons. The summed E-state index contributed by atoms with van der Waals surface area (Å²) in [6, 6.07) is 8.94. The van der Waals surface area contributed by atoms with E-state index in [0.29, 0.717) is 33.0 Å². The summed E-state index contributed by atoms with van der Waals surface area (Å²) in [5.74, 6) is 1.72. The molecule has 0 aliphatic rings. The molecular weight excluding hydrogens is 361 g/mol. The van der Waals surface area contributed by atoms with Crippen LogP contribution in [0.15, 0.2) is 35.3 Å². The molecule has 0 saturated heterocycles. The molecule has 0 N–H and O–H groups in total. The maximum Gasteiger partial charge on any atom is 0.180 e. The molecule has 0 fully saturated rings. The van der Waals surface area contributed by atoms with Gasteiger partial charge in [0.15, 0.2) is 11.5 Å². The number of rotatable bonds is 7. The molecule has 4 nitrogen and oxygen atoms in total. The van der Waals surface area contributed by atoms with E-state index in [4.69, 9.17) is 37.4 Å². The zero-order valence-corrected chi connectivity index (χ0v) is 16.2. The van der Waals surface area contributed by atoms with Gasteiger partial charge in [-0.2, -0.15) is 0 Å². The first-order valence-corrected chi connectivity index (χ1v) is 8.65. The highest BCUT2D eigenvalue weighted by Crippen LogP contribution is 2.37. The topological polar surface area (TPSA) is 40.0 Å². The fourth-order valence-electron chi connectivity index (χ4n) is 2.10. The number of hydrogen-bond acceptors (Lipinski definition) is 4. The van der Waals surface area contributed by atoms with Crippen molar-refractivity contribution in [3.63, 3.8) is 0 Å². The summed E-state index contributed by atoms with van der Waals surface area (Å²) in [5, 5.41) is 0.985. The van der Waals surface area contributed by atoms with Gasteiger partial charge in [0, 0.05) is 6.21 Å². The van der Waals surface area contributed by atoms with Crippen LogP contribution in [0.25, 0.3) is 0 Å². The lowest BCUT2D eigenvalue weighted by atomic mass is 10.2. The van der Waals surface area contributed by atoms with Crippen LogP contribution in [0.5, 0.6) is 17.2 Å². The van der Waals surface area contributed by atoms with Gasteiger partial charge >= 0.3 is 0 Å². The fourth-order valence-corrected chi connectivity index (χ4v) is 2.61. The summed E-state index contributed by atoms with van der Waals surface area (Å²) in [6.07, 6.45) is 2.62. The minimum Gasteiger partial charge on any atom is -0.495 e. The number of methoxy groups -OCH3 is 2. The minimum atomic E-state index is 0.0485. The molecule has 0 radical (unpaired) electrons. The van der Waals surface area contributed by atoms with E-state index in [2.05, 4.69) is 4.99 Å². The van der Waals surface area contributed by atoms with Crippen LogP contribution in [-0.2, 0) is 0 Å². The van der Waals surface area contributed by atoms with Crippen molar-refractivity contribution in [3.05, 3.63) is 45.9 Å². The van der Waals surface area contributed by atoms with Crippen molar-refractivity contribution in [1.82, 2.24) is 0 Å². The maximum atomic E-state index is 6.36. The molecule has 0 saturated carbocycles. The third kappa shape index (κ3) is 5.03. The van der Waals surface area contributed by atoms with Crippen LogP contribution in [0.3, 0.4) is 0 Å².